The molecule has 0 aromatic rings. The number of rotatable bonds is 3. The number of hydrogen-bond donors (Lipinski definition) is 0. The molecule has 0 saturated carbocycles. The van der Waals surface area contributed by atoms with E-state index in [2.05, 4.69) is 0 Å². The second kappa shape index (κ2) is 17.6. The van der Waals surface area contributed by atoms with Crippen LogP contribution < -0.4 is 0 Å². The number of hydrogen-bond acceptors (Lipinski definition) is 0. The number of unbranched alkanes of at least 4 members (excludes halogenated alkanes) is 1. The Labute approximate surface area is 113 Å². The van der Waals surface area contributed by atoms with Crippen molar-refractivity contribution in [3.05, 3.63) is 0 Å². The Balaban J connectivity index is -0.0000000941. The second-order valence-corrected chi connectivity index (χ2v) is 3.08. The second-order valence-electron chi connectivity index (χ2n) is 3.08. The molecule has 0 aliphatic rings. The summed E-state index contributed by atoms with van der Waals surface area (Å²) in [5, 5.41) is 0. The normalized spacial score (nSPS) is 10.1. The first-order valence-corrected chi connectivity index (χ1v) is 6.76. The molecular weight excluding hydrogens is 270 g/mol. The van der Waals surface area contributed by atoms with E-state index >= 15 is 0 Å². The van der Waals surface area contributed by atoms with Crippen LogP contribution in [0.15, 0.2) is 0 Å². The fourth-order valence-corrected chi connectivity index (χ4v) is 0.661. The van der Waals surface area contributed by atoms with Crippen molar-refractivity contribution in [3.8, 4) is 0 Å². The van der Waals surface area contributed by atoms with Crippen LogP contribution in [0.25, 0.3) is 0 Å². The molecule has 0 aliphatic carbocycles. The van der Waals surface area contributed by atoms with Gasteiger partial charge in [-0.15, -0.1) is 0 Å². The lowest BCUT2D eigenvalue weighted by atomic mass is 10.2. The molecule has 0 amide bonds. The Kier molecular flexibility index (Phi) is 25.0. The van der Waals surface area contributed by atoms with Gasteiger partial charge in [0, 0.05) is 12.8 Å². The molecule has 0 saturated heterocycles. The largest absolute Gasteiger partial charge is 0.389 e. The first kappa shape index (κ1) is 27.0. The van der Waals surface area contributed by atoms with E-state index in [1.165, 1.54) is 6.92 Å². The van der Waals surface area contributed by atoms with Gasteiger partial charge < -0.3 is 0 Å². The zero-order valence-electron chi connectivity index (χ0n) is 12.8. The van der Waals surface area contributed by atoms with Gasteiger partial charge >= 0.3 is 12.4 Å². The Morgan fingerprint density at radius 1 is 0.579 bits per heavy atom. The van der Waals surface area contributed by atoms with Crippen molar-refractivity contribution < 1.29 is 26.3 Å². The minimum absolute atomic E-state index is 0.184. The molecule has 0 aliphatic heterocycles. The summed E-state index contributed by atoms with van der Waals surface area (Å²) in [6.45, 7) is 11.2. The zero-order valence-corrected chi connectivity index (χ0v) is 12.8. The SMILES string of the molecule is CC.CC.CCCC(F)(F)F.CCCCC(F)(F)F. The van der Waals surface area contributed by atoms with Gasteiger partial charge in [0.15, 0.2) is 0 Å². The molecule has 19 heavy (non-hydrogen) atoms. The van der Waals surface area contributed by atoms with Crippen molar-refractivity contribution in [2.24, 2.45) is 0 Å². The molecule has 0 aromatic heterocycles. The molecule has 0 rings (SSSR count). The van der Waals surface area contributed by atoms with Gasteiger partial charge in [-0.2, -0.15) is 26.3 Å². The third-order valence-electron chi connectivity index (χ3n) is 1.35. The van der Waals surface area contributed by atoms with Crippen LogP contribution in [0.4, 0.5) is 26.3 Å². The highest BCUT2D eigenvalue weighted by Gasteiger charge is 2.25. The lowest BCUT2D eigenvalue weighted by Gasteiger charge is -2.02. The van der Waals surface area contributed by atoms with Crippen LogP contribution in [0.5, 0.6) is 0 Å². The summed E-state index contributed by atoms with van der Waals surface area (Å²) in [5.74, 6) is 0. The Hall–Kier alpha value is -0.420. The highest BCUT2D eigenvalue weighted by atomic mass is 19.4. The predicted octanol–water partition coefficient (Wildman–Crippen LogP) is 7.14. The third kappa shape index (κ3) is 58.0. The monoisotopic (exact) mass is 298 g/mol. The molecule has 122 valence electrons. The van der Waals surface area contributed by atoms with E-state index in [0.717, 1.165) is 0 Å². The molecule has 0 unspecified atom stereocenters. The van der Waals surface area contributed by atoms with E-state index in [-0.39, 0.29) is 12.8 Å². The lowest BCUT2D eigenvalue weighted by molar-refractivity contribution is -0.136. The topological polar surface area (TPSA) is 0 Å². The summed E-state index contributed by atoms with van der Waals surface area (Å²) in [7, 11) is 0. The quantitative estimate of drug-likeness (QED) is 0.486. The minimum Gasteiger partial charge on any atom is -0.171 e. The molecule has 0 atom stereocenters. The molecule has 0 nitrogen and oxygen atoms in total. The van der Waals surface area contributed by atoms with Crippen molar-refractivity contribution in [1.29, 1.82) is 0 Å². The van der Waals surface area contributed by atoms with Gasteiger partial charge in [-0.3, -0.25) is 0 Å². The highest BCUT2D eigenvalue weighted by molar-refractivity contribution is 4.47. The summed E-state index contributed by atoms with van der Waals surface area (Å²) in [6.07, 6.45) is -8.15. The van der Waals surface area contributed by atoms with E-state index in [4.69, 9.17) is 0 Å². The molecular formula is C13H28F6. The van der Waals surface area contributed by atoms with E-state index in [1.807, 2.05) is 27.7 Å². The maximum Gasteiger partial charge on any atom is 0.389 e. The van der Waals surface area contributed by atoms with E-state index in [1.54, 1.807) is 6.92 Å². The molecule has 0 heterocycles. The summed E-state index contributed by atoms with van der Waals surface area (Å²) < 4.78 is 66.9. The summed E-state index contributed by atoms with van der Waals surface area (Å²) in [6, 6.07) is 0. The van der Waals surface area contributed by atoms with E-state index in [0.29, 0.717) is 6.42 Å². The zero-order chi connectivity index (χ0) is 16.5. The lowest BCUT2D eigenvalue weighted by Crippen LogP contribution is -2.05. The fraction of sp³-hybridized carbons (Fsp3) is 1.00. The Bertz CT molecular complexity index is 137. The molecule has 6 heteroatoms. The standard InChI is InChI=1S/C5H9F3.C4H7F3.2C2H6/c1-2-3-4-5(6,7)8;1-2-3-4(5,6)7;2*1-2/h2-4H2,1H3;2-3H2,1H3;2*1-2H3. The van der Waals surface area contributed by atoms with Gasteiger partial charge in [0.25, 0.3) is 0 Å². The molecule has 0 N–H and O–H groups in total. The van der Waals surface area contributed by atoms with Crippen LogP contribution in [-0.2, 0) is 0 Å². The van der Waals surface area contributed by atoms with Crippen molar-refractivity contribution >= 4 is 0 Å². The van der Waals surface area contributed by atoms with Gasteiger partial charge in [0.05, 0.1) is 0 Å². The van der Waals surface area contributed by atoms with Crippen LogP contribution >= 0.6 is 0 Å². The smallest absolute Gasteiger partial charge is 0.171 e. The van der Waals surface area contributed by atoms with Crippen LogP contribution in [0.1, 0.15) is 73.6 Å². The van der Waals surface area contributed by atoms with Crippen molar-refractivity contribution in [2.75, 3.05) is 0 Å². The first-order valence-electron chi connectivity index (χ1n) is 6.76. The van der Waals surface area contributed by atoms with E-state index < -0.39 is 25.2 Å². The Morgan fingerprint density at radius 3 is 0.947 bits per heavy atom. The summed E-state index contributed by atoms with van der Waals surface area (Å²) in [4.78, 5) is 0. The van der Waals surface area contributed by atoms with Crippen LogP contribution in [0.3, 0.4) is 0 Å². The third-order valence-corrected chi connectivity index (χ3v) is 1.35. The maximum atomic E-state index is 11.2. The molecule has 0 radical (unpaired) electrons. The van der Waals surface area contributed by atoms with Gasteiger partial charge in [-0.05, 0) is 12.8 Å². The summed E-state index contributed by atoms with van der Waals surface area (Å²) >= 11 is 0. The minimum atomic E-state index is -3.95. The fourth-order valence-electron chi connectivity index (χ4n) is 0.661. The van der Waals surface area contributed by atoms with Crippen molar-refractivity contribution in [2.45, 2.75) is 86.0 Å². The first-order chi connectivity index (χ1) is 8.62. The van der Waals surface area contributed by atoms with Crippen LogP contribution in [0, 0.1) is 0 Å². The predicted molar refractivity (Wildman–Crippen MR) is 69.2 cm³/mol. The van der Waals surface area contributed by atoms with Gasteiger partial charge in [-0.1, -0.05) is 48.0 Å². The number of alkyl halides is 6. The average molecular weight is 298 g/mol. The molecule has 0 aromatic carbocycles. The van der Waals surface area contributed by atoms with Gasteiger partial charge in [0.2, 0.25) is 0 Å². The maximum absolute atomic E-state index is 11.2. The van der Waals surface area contributed by atoms with Crippen molar-refractivity contribution in [1.82, 2.24) is 0 Å². The van der Waals surface area contributed by atoms with Crippen LogP contribution in [-0.4, -0.2) is 12.4 Å². The average Bonchev–Trinajstić information content (AvgIpc) is 2.30. The Morgan fingerprint density at radius 2 is 0.895 bits per heavy atom. The highest BCUT2D eigenvalue weighted by Crippen LogP contribution is 2.21. The van der Waals surface area contributed by atoms with E-state index in [9.17, 15) is 26.3 Å². The summed E-state index contributed by atoms with van der Waals surface area (Å²) in [5.41, 5.74) is 0. The van der Waals surface area contributed by atoms with Gasteiger partial charge in [-0.25, -0.2) is 0 Å². The molecule has 0 bridgehead atoms. The van der Waals surface area contributed by atoms with Crippen molar-refractivity contribution in [3.63, 3.8) is 0 Å². The molecule has 0 spiro atoms. The molecule has 0 fully saturated rings. The van der Waals surface area contributed by atoms with Crippen LogP contribution in [0.2, 0.25) is 0 Å². The van der Waals surface area contributed by atoms with Gasteiger partial charge in [0.1, 0.15) is 0 Å². The number of halogens is 6.